The van der Waals surface area contributed by atoms with Gasteiger partial charge in [-0.3, -0.25) is 4.79 Å². The lowest BCUT2D eigenvalue weighted by atomic mass is 9.91. The maximum Gasteiger partial charge on any atom is 0.336 e. The smallest absolute Gasteiger partial charge is 0.336 e. The van der Waals surface area contributed by atoms with Crippen molar-refractivity contribution in [3.8, 4) is 11.5 Å². The van der Waals surface area contributed by atoms with Crippen molar-refractivity contribution in [1.29, 1.82) is 0 Å². The maximum absolute atomic E-state index is 12.7. The maximum atomic E-state index is 12.7. The fourth-order valence-corrected chi connectivity index (χ4v) is 3.43. The minimum absolute atomic E-state index is 0.141. The van der Waals surface area contributed by atoms with Crippen molar-refractivity contribution in [2.24, 2.45) is 0 Å². The van der Waals surface area contributed by atoms with E-state index in [1.54, 1.807) is 0 Å². The van der Waals surface area contributed by atoms with Gasteiger partial charge in [0.05, 0.1) is 5.39 Å². The Hall–Kier alpha value is -2.56. The van der Waals surface area contributed by atoms with Crippen LogP contribution >= 0.6 is 0 Å². The summed E-state index contributed by atoms with van der Waals surface area (Å²) in [5.74, 6) is 0.0406. The van der Waals surface area contributed by atoms with Crippen LogP contribution in [0.2, 0.25) is 0 Å². The average molecular weight is 356 g/mol. The normalized spacial score (nSPS) is 15.6. The number of aromatic hydroxyl groups is 1. The number of ketones is 1. The number of allylic oxidation sites excluding steroid dienone is 2. The highest BCUT2D eigenvalue weighted by Crippen LogP contribution is 2.45. The largest absolute Gasteiger partial charge is 0.507 e. The van der Waals surface area contributed by atoms with Crippen LogP contribution in [-0.4, -0.2) is 17.0 Å². The molecule has 1 aliphatic rings. The van der Waals surface area contributed by atoms with E-state index in [0.717, 1.165) is 11.1 Å². The number of carbonyl (C=O) groups excluding carboxylic acids is 1. The van der Waals surface area contributed by atoms with Crippen LogP contribution in [-0.2, 0) is 12.8 Å². The molecule has 0 saturated carbocycles. The summed E-state index contributed by atoms with van der Waals surface area (Å²) in [7, 11) is 0. The molecule has 0 aliphatic carbocycles. The van der Waals surface area contributed by atoms with Crippen molar-refractivity contribution in [3.05, 3.63) is 44.8 Å². The van der Waals surface area contributed by atoms with E-state index < -0.39 is 5.63 Å². The molecule has 1 N–H and O–H groups in total. The number of ether oxygens (including phenoxy) is 1. The van der Waals surface area contributed by atoms with Crippen LogP contribution in [0.25, 0.3) is 11.0 Å². The fraction of sp³-hybridized carbons (Fsp3) is 0.429. The lowest BCUT2D eigenvalue weighted by Gasteiger charge is -2.26. The molecule has 5 heteroatoms. The van der Waals surface area contributed by atoms with Crippen LogP contribution in [0.15, 0.2) is 26.9 Å². The molecular formula is C21H24O5. The zero-order valence-electron chi connectivity index (χ0n) is 15.6. The molecule has 0 unspecified atom stereocenters. The molecule has 1 aromatic heterocycles. The molecule has 1 aliphatic heterocycles. The highest BCUT2D eigenvalue weighted by Gasteiger charge is 2.31. The number of rotatable bonds is 5. The molecule has 0 saturated heterocycles. The Morgan fingerprint density at radius 1 is 1.38 bits per heavy atom. The van der Waals surface area contributed by atoms with E-state index in [1.165, 1.54) is 6.07 Å². The standard InChI is InChI=1S/C21H24O5/c1-5-6-15(22)18-19(24)14(8-7-11(2)3)20-17-13(10-16(23)26-20)9-12(4)25-21(17)18/h7,10,12,24H,5-6,8-9H2,1-4H3/t12-/m0/s1. The fourth-order valence-electron chi connectivity index (χ4n) is 3.43. The molecule has 3 rings (SSSR count). The third-order valence-corrected chi connectivity index (χ3v) is 4.59. The average Bonchev–Trinajstić information content (AvgIpc) is 2.53. The van der Waals surface area contributed by atoms with Crippen molar-refractivity contribution in [1.82, 2.24) is 0 Å². The van der Waals surface area contributed by atoms with Gasteiger partial charge in [0.25, 0.3) is 0 Å². The Labute approximate surface area is 152 Å². The molecular weight excluding hydrogens is 332 g/mol. The summed E-state index contributed by atoms with van der Waals surface area (Å²) < 4.78 is 11.4. The first-order valence-electron chi connectivity index (χ1n) is 9.01. The van der Waals surface area contributed by atoms with Gasteiger partial charge >= 0.3 is 5.63 Å². The van der Waals surface area contributed by atoms with Gasteiger partial charge in [0.2, 0.25) is 0 Å². The van der Waals surface area contributed by atoms with Crippen molar-refractivity contribution >= 4 is 16.8 Å². The summed E-state index contributed by atoms with van der Waals surface area (Å²) in [5.41, 5.74) is 2.39. The van der Waals surface area contributed by atoms with E-state index in [4.69, 9.17) is 9.15 Å². The summed E-state index contributed by atoms with van der Waals surface area (Å²) in [6.45, 7) is 7.70. The first kappa shape index (κ1) is 18.2. The molecule has 0 radical (unpaired) electrons. The van der Waals surface area contributed by atoms with E-state index in [1.807, 2.05) is 33.8 Å². The van der Waals surface area contributed by atoms with Gasteiger partial charge in [0.15, 0.2) is 5.78 Å². The summed E-state index contributed by atoms with van der Waals surface area (Å²) >= 11 is 0. The van der Waals surface area contributed by atoms with Crippen LogP contribution in [0.5, 0.6) is 11.5 Å². The molecule has 138 valence electrons. The van der Waals surface area contributed by atoms with Crippen LogP contribution in [0, 0.1) is 0 Å². The Morgan fingerprint density at radius 2 is 2.12 bits per heavy atom. The van der Waals surface area contributed by atoms with Crippen LogP contribution < -0.4 is 10.4 Å². The first-order valence-corrected chi connectivity index (χ1v) is 9.01. The zero-order chi connectivity index (χ0) is 19.0. The molecule has 2 aromatic rings. The lowest BCUT2D eigenvalue weighted by molar-refractivity contribution is 0.0972. The quantitative estimate of drug-likeness (QED) is 0.491. The summed E-state index contributed by atoms with van der Waals surface area (Å²) in [6, 6.07) is 1.46. The Morgan fingerprint density at radius 3 is 2.77 bits per heavy atom. The molecule has 2 heterocycles. The van der Waals surface area contributed by atoms with Crippen molar-refractivity contribution in [2.75, 3.05) is 0 Å². The van der Waals surface area contributed by atoms with Gasteiger partial charge in [-0.15, -0.1) is 0 Å². The summed E-state index contributed by atoms with van der Waals surface area (Å²) in [4.78, 5) is 24.8. The molecule has 0 fully saturated rings. The minimum Gasteiger partial charge on any atom is -0.507 e. The second kappa shape index (κ2) is 6.98. The van der Waals surface area contributed by atoms with Gasteiger partial charge in [-0.25, -0.2) is 4.79 Å². The van der Waals surface area contributed by atoms with Crippen molar-refractivity contribution in [2.45, 2.75) is 59.5 Å². The third kappa shape index (κ3) is 3.14. The number of benzene rings is 1. The van der Waals surface area contributed by atoms with Gasteiger partial charge in [-0.05, 0) is 39.2 Å². The van der Waals surface area contributed by atoms with E-state index in [0.29, 0.717) is 48.0 Å². The van der Waals surface area contributed by atoms with E-state index in [2.05, 4.69) is 0 Å². The van der Waals surface area contributed by atoms with Crippen LogP contribution in [0.3, 0.4) is 0 Å². The zero-order valence-corrected chi connectivity index (χ0v) is 15.6. The molecule has 0 spiro atoms. The topological polar surface area (TPSA) is 76.7 Å². The first-order chi connectivity index (χ1) is 12.3. The SMILES string of the molecule is CCCC(=O)c1c(O)c(CC=C(C)C)c2oc(=O)cc3c2c1O[C@@H](C)C3. The Bertz CT molecular complexity index is 961. The summed E-state index contributed by atoms with van der Waals surface area (Å²) in [5, 5.41) is 11.5. The van der Waals surface area contributed by atoms with E-state index in [-0.39, 0.29) is 23.2 Å². The number of carbonyl (C=O) groups is 1. The number of hydrogen-bond donors (Lipinski definition) is 1. The minimum atomic E-state index is -0.460. The molecule has 1 aromatic carbocycles. The molecule has 1 atom stereocenters. The van der Waals surface area contributed by atoms with Gasteiger partial charge in [0, 0.05) is 24.5 Å². The van der Waals surface area contributed by atoms with Crippen molar-refractivity contribution in [3.63, 3.8) is 0 Å². The lowest BCUT2D eigenvalue weighted by Crippen LogP contribution is -2.23. The van der Waals surface area contributed by atoms with Gasteiger partial charge < -0.3 is 14.3 Å². The number of Topliss-reactive ketones (excluding diaryl/α,β-unsaturated/α-hetero) is 1. The molecule has 0 bridgehead atoms. The number of phenols is 1. The monoisotopic (exact) mass is 356 g/mol. The van der Waals surface area contributed by atoms with Crippen LogP contribution in [0.4, 0.5) is 0 Å². The number of phenolic OH excluding ortho intramolecular Hbond substituents is 1. The molecule has 5 nitrogen and oxygen atoms in total. The van der Waals surface area contributed by atoms with Gasteiger partial charge in [-0.2, -0.15) is 0 Å². The second-order valence-electron chi connectivity index (χ2n) is 7.12. The Balaban J connectivity index is 2.41. The summed E-state index contributed by atoms with van der Waals surface area (Å²) in [6.07, 6.45) is 3.67. The van der Waals surface area contributed by atoms with Gasteiger partial charge in [0.1, 0.15) is 28.7 Å². The van der Waals surface area contributed by atoms with Gasteiger partial charge in [-0.1, -0.05) is 18.6 Å². The second-order valence-corrected chi connectivity index (χ2v) is 7.12. The Kier molecular flexibility index (Phi) is 4.90. The predicted octanol–water partition coefficient (Wildman–Crippen LogP) is 4.31. The third-order valence-electron chi connectivity index (χ3n) is 4.59. The highest BCUT2D eigenvalue weighted by atomic mass is 16.5. The number of hydrogen-bond acceptors (Lipinski definition) is 5. The molecule has 0 amide bonds. The predicted molar refractivity (Wildman–Crippen MR) is 100 cm³/mol. The van der Waals surface area contributed by atoms with E-state index >= 15 is 0 Å². The molecule has 26 heavy (non-hydrogen) atoms. The highest BCUT2D eigenvalue weighted by molar-refractivity contribution is 6.08. The van der Waals surface area contributed by atoms with Crippen molar-refractivity contribution < 1.29 is 19.1 Å². The van der Waals surface area contributed by atoms with E-state index in [9.17, 15) is 14.7 Å². The van der Waals surface area contributed by atoms with Crippen LogP contribution in [0.1, 0.15) is 62.0 Å².